The maximum Gasteiger partial charge on any atom is 0.340 e. The van der Waals surface area contributed by atoms with Crippen molar-refractivity contribution in [3.8, 4) is 5.75 Å². The number of para-hydroxylation sites is 1. The van der Waals surface area contributed by atoms with Crippen LogP contribution in [0.2, 0.25) is 5.02 Å². The van der Waals surface area contributed by atoms with Crippen LogP contribution in [0.3, 0.4) is 0 Å². The SMILES string of the molecule is COc1ccc(Cl)cc1NC(=O)COC(=O)c1cccc(C)c1N. The maximum atomic E-state index is 12.0. The maximum absolute atomic E-state index is 12.0. The second kappa shape index (κ2) is 7.70. The molecule has 126 valence electrons. The molecular formula is C17H17ClN2O4. The average Bonchev–Trinajstić information content (AvgIpc) is 2.55. The summed E-state index contributed by atoms with van der Waals surface area (Å²) in [6, 6.07) is 9.82. The second-order valence-electron chi connectivity index (χ2n) is 5.01. The Kier molecular flexibility index (Phi) is 5.65. The van der Waals surface area contributed by atoms with E-state index < -0.39 is 18.5 Å². The number of hydrogen-bond donors (Lipinski definition) is 2. The minimum absolute atomic E-state index is 0.225. The molecule has 0 saturated carbocycles. The number of ether oxygens (including phenoxy) is 2. The third-order valence-electron chi connectivity index (χ3n) is 3.31. The fourth-order valence-corrected chi connectivity index (χ4v) is 2.20. The van der Waals surface area contributed by atoms with E-state index in [1.807, 2.05) is 0 Å². The molecule has 2 aromatic rings. The first-order valence-corrected chi connectivity index (χ1v) is 7.45. The molecular weight excluding hydrogens is 332 g/mol. The number of carbonyl (C=O) groups is 2. The molecule has 3 N–H and O–H groups in total. The molecule has 0 aliphatic heterocycles. The molecule has 0 saturated heterocycles. The third kappa shape index (κ3) is 4.17. The molecule has 2 rings (SSSR count). The molecule has 7 heteroatoms. The average molecular weight is 349 g/mol. The molecule has 0 aromatic heterocycles. The van der Waals surface area contributed by atoms with Gasteiger partial charge in [-0.3, -0.25) is 4.79 Å². The van der Waals surface area contributed by atoms with Gasteiger partial charge in [0.2, 0.25) is 0 Å². The van der Waals surface area contributed by atoms with Gasteiger partial charge in [0.15, 0.2) is 6.61 Å². The molecule has 0 spiro atoms. The van der Waals surface area contributed by atoms with E-state index >= 15 is 0 Å². The van der Waals surface area contributed by atoms with Gasteiger partial charge in [0.25, 0.3) is 5.91 Å². The summed E-state index contributed by atoms with van der Waals surface area (Å²) in [6.45, 7) is 1.33. The Morgan fingerprint density at radius 1 is 1.25 bits per heavy atom. The Balaban J connectivity index is 2.00. The molecule has 0 fully saturated rings. The number of anilines is 2. The topological polar surface area (TPSA) is 90.6 Å². The van der Waals surface area contributed by atoms with Crippen LogP contribution in [0.1, 0.15) is 15.9 Å². The summed E-state index contributed by atoms with van der Waals surface area (Å²) in [7, 11) is 1.47. The highest BCUT2D eigenvalue weighted by atomic mass is 35.5. The standard InChI is InChI=1S/C17H17ClN2O4/c1-10-4-3-5-12(16(10)19)17(22)24-9-15(21)20-13-8-11(18)6-7-14(13)23-2/h3-8H,9,19H2,1-2H3,(H,20,21). The van der Waals surface area contributed by atoms with Crippen LogP contribution in [0.4, 0.5) is 11.4 Å². The van der Waals surface area contributed by atoms with Crippen molar-refractivity contribution in [3.63, 3.8) is 0 Å². The number of nitrogens with one attached hydrogen (secondary N) is 1. The van der Waals surface area contributed by atoms with Gasteiger partial charge in [0, 0.05) is 10.7 Å². The van der Waals surface area contributed by atoms with Crippen molar-refractivity contribution in [2.45, 2.75) is 6.92 Å². The van der Waals surface area contributed by atoms with Crippen LogP contribution in [0.15, 0.2) is 36.4 Å². The van der Waals surface area contributed by atoms with Gasteiger partial charge in [-0.1, -0.05) is 23.7 Å². The molecule has 0 aliphatic rings. The van der Waals surface area contributed by atoms with Crippen LogP contribution in [0, 0.1) is 6.92 Å². The summed E-state index contributed by atoms with van der Waals surface area (Å²) in [5, 5.41) is 3.02. The Hall–Kier alpha value is -2.73. The van der Waals surface area contributed by atoms with Crippen LogP contribution in [0.25, 0.3) is 0 Å². The van der Waals surface area contributed by atoms with Crippen molar-refractivity contribution >= 4 is 34.9 Å². The number of carbonyl (C=O) groups excluding carboxylic acids is 2. The quantitative estimate of drug-likeness (QED) is 0.640. The molecule has 0 aliphatic carbocycles. The van der Waals surface area contributed by atoms with E-state index in [9.17, 15) is 9.59 Å². The Morgan fingerprint density at radius 3 is 2.71 bits per heavy atom. The van der Waals surface area contributed by atoms with Crippen LogP contribution >= 0.6 is 11.6 Å². The van der Waals surface area contributed by atoms with Crippen molar-refractivity contribution < 1.29 is 19.1 Å². The zero-order valence-electron chi connectivity index (χ0n) is 13.3. The summed E-state index contributed by atoms with van der Waals surface area (Å²) in [5.74, 6) is -0.735. The van der Waals surface area contributed by atoms with Crippen LogP contribution in [-0.2, 0) is 9.53 Å². The van der Waals surface area contributed by atoms with Gasteiger partial charge in [0.05, 0.1) is 18.4 Å². The molecule has 0 unspecified atom stereocenters. The summed E-state index contributed by atoms with van der Waals surface area (Å²) in [4.78, 5) is 24.0. The van der Waals surface area contributed by atoms with Crippen molar-refractivity contribution in [1.82, 2.24) is 0 Å². The van der Waals surface area contributed by atoms with Gasteiger partial charge < -0.3 is 20.5 Å². The number of benzene rings is 2. The highest BCUT2D eigenvalue weighted by Gasteiger charge is 2.15. The van der Waals surface area contributed by atoms with Crippen LogP contribution < -0.4 is 15.8 Å². The number of aryl methyl sites for hydroxylation is 1. The number of hydrogen-bond acceptors (Lipinski definition) is 5. The number of rotatable bonds is 5. The molecule has 0 bridgehead atoms. The molecule has 0 radical (unpaired) electrons. The molecule has 2 aromatic carbocycles. The number of nitrogen functional groups attached to an aromatic ring is 1. The lowest BCUT2D eigenvalue weighted by Gasteiger charge is -2.11. The number of esters is 1. The number of amides is 1. The fraction of sp³-hybridized carbons (Fsp3) is 0.176. The number of methoxy groups -OCH3 is 1. The zero-order chi connectivity index (χ0) is 17.7. The molecule has 1 amide bonds. The minimum Gasteiger partial charge on any atom is -0.495 e. The summed E-state index contributed by atoms with van der Waals surface area (Å²) >= 11 is 5.89. The van der Waals surface area contributed by atoms with Gasteiger partial charge in [-0.05, 0) is 36.8 Å². The molecule has 0 heterocycles. The van der Waals surface area contributed by atoms with Crippen molar-refractivity contribution in [2.24, 2.45) is 0 Å². The van der Waals surface area contributed by atoms with Crippen molar-refractivity contribution in [1.29, 1.82) is 0 Å². The zero-order valence-corrected chi connectivity index (χ0v) is 14.0. The first-order chi connectivity index (χ1) is 11.4. The van der Waals surface area contributed by atoms with Gasteiger partial charge in [-0.25, -0.2) is 4.79 Å². The van der Waals surface area contributed by atoms with Crippen molar-refractivity contribution in [2.75, 3.05) is 24.8 Å². The van der Waals surface area contributed by atoms with Gasteiger partial charge in [-0.2, -0.15) is 0 Å². The van der Waals surface area contributed by atoms with Crippen molar-refractivity contribution in [3.05, 3.63) is 52.5 Å². The van der Waals surface area contributed by atoms with Gasteiger partial charge in [-0.15, -0.1) is 0 Å². The Bertz CT molecular complexity index is 777. The van der Waals surface area contributed by atoms with E-state index in [1.54, 1.807) is 43.3 Å². The first kappa shape index (κ1) is 17.6. The van der Waals surface area contributed by atoms with E-state index in [1.165, 1.54) is 7.11 Å². The van der Waals surface area contributed by atoms with Crippen LogP contribution in [-0.4, -0.2) is 25.6 Å². The van der Waals surface area contributed by atoms with E-state index in [2.05, 4.69) is 5.32 Å². The largest absolute Gasteiger partial charge is 0.495 e. The first-order valence-electron chi connectivity index (χ1n) is 7.08. The lowest BCUT2D eigenvalue weighted by molar-refractivity contribution is -0.119. The third-order valence-corrected chi connectivity index (χ3v) is 3.55. The lowest BCUT2D eigenvalue weighted by Crippen LogP contribution is -2.21. The highest BCUT2D eigenvalue weighted by molar-refractivity contribution is 6.31. The summed E-state index contributed by atoms with van der Waals surface area (Å²) < 4.78 is 10.1. The van der Waals surface area contributed by atoms with E-state index in [4.69, 9.17) is 26.8 Å². The predicted octanol–water partition coefficient (Wildman–Crippen LogP) is 3.03. The normalized spacial score (nSPS) is 10.1. The fourth-order valence-electron chi connectivity index (χ4n) is 2.03. The van der Waals surface area contributed by atoms with E-state index in [0.717, 1.165) is 5.56 Å². The van der Waals surface area contributed by atoms with Gasteiger partial charge >= 0.3 is 5.97 Å². The Labute approximate surface area is 144 Å². The monoisotopic (exact) mass is 348 g/mol. The van der Waals surface area contributed by atoms with E-state index in [0.29, 0.717) is 22.1 Å². The lowest BCUT2D eigenvalue weighted by atomic mass is 10.1. The second-order valence-corrected chi connectivity index (χ2v) is 5.44. The molecule has 6 nitrogen and oxygen atoms in total. The molecule has 24 heavy (non-hydrogen) atoms. The number of halogens is 1. The summed E-state index contributed by atoms with van der Waals surface area (Å²) in [6.07, 6.45) is 0. The van der Waals surface area contributed by atoms with E-state index in [-0.39, 0.29) is 5.56 Å². The summed E-state index contributed by atoms with van der Waals surface area (Å²) in [5.41, 5.74) is 7.54. The predicted molar refractivity (Wildman–Crippen MR) is 92.5 cm³/mol. The molecule has 0 atom stereocenters. The van der Waals surface area contributed by atoms with Crippen LogP contribution in [0.5, 0.6) is 5.75 Å². The Morgan fingerprint density at radius 2 is 2.00 bits per heavy atom. The number of nitrogens with two attached hydrogens (primary N) is 1. The minimum atomic E-state index is -0.663. The van der Waals surface area contributed by atoms with Gasteiger partial charge in [0.1, 0.15) is 5.75 Å². The highest BCUT2D eigenvalue weighted by Crippen LogP contribution is 2.27. The smallest absolute Gasteiger partial charge is 0.340 e.